The lowest BCUT2D eigenvalue weighted by atomic mass is 9.85. The molecule has 4 nitrogen and oxygen atoms in total. The lowest BCUT2D eigenvalue weighted by molar-refractivity contribution is 0.119. The van der Waals surface area contributed by atoms with Crippen molar-refractivity contribution < 1.29 is 4.74 Å². The monoisotopic (exact) mass is 291 g/mol. The van der Waals surface area contributed by atoms with Crippen LogP contribution in [-0.4, -0.2) is 23.1 Å². The highest BCUT2D eigenvalue weighted by Crippen LogP contribution is 2.30. The van der Waals surface area contributed by atoms with E-state index >= 15 is 0 Å². The van der Waals surface area contributed by atoms with Gasteiger partial charge in [0.25, 0.3) is 0 Å². The van der Waals surface area contributed by atoms with Gasteiger partial charge in [0.1, 0.15) is 5.82 Å². The summed E-state index contributed by atoms with van der Waals surface area (Å²) >= 11 is 0. The lowest BCUT2D eigenvalue weighted by Gasteiger charge is -2.29. The molecular weight excluding hydrogens is 262 g/mol. The van der Waals surface area contributed by atoms with Crippen molar-refractivity contribution in [1.29, 1.82) is 0 Å². The van der Waals surface area contributed by atoms with Crippen LogP contribution in [0.1, 0.15) is 70.3 Å². The molecule has 1 aromatic rings. The van der Waals surface area contributed by atoms with E-state index in [-0.39, 0.29) is 0 Å². The molecule has 118 valence electrons. The SMILES string of the molecule is CCC1CCCC(Oc2cnc(C(C)C)nc2CNC)C1. The zero-order valence-corrected chi connectivity index (χ0v) is 13.9. The lowest BCUT2D eigenvalue weighted by Crippen LogP contribution is -2.26. The first-order valence-electron chi connectivity index (χ1n) is 8.31. The summed E-state index contributed by atoms with van der Waals surface area (Å²) in [5.41, 5.74) is 0.981. The average Bonchev–Trinajstić information content (AvgIpc) is 2.49. The van der Waals surface area contributed by atoms with Crippen LogP contribution in [-0.2, 0) is 6.54 Å². The molecule has 1 aliphatic carbocycles. The van der Waals surface area contributed by atoms with Gasteiger partial charge >= 0.3 is 0 Å². The van der Waals surface area contributed by atoms with Crippen molar-refractivity contribution in [3.8, 4) is 5.75 Å². The third kappa shape index (κ3) is 4.40. The molecular formula is C17H29N3O. The van der Waals surface area contributed by atoms with Crippen molar-refractivity contribution in [2.75, 3.05) is 7.05 Å². The van der Waals surface area contributed by atoms with E-state index in [1.807, 2.05) is 13.2 Å². The van der Waals surface area contributed by atoms with Crippen LogP contribution in [0.15, 0.2) is 6.20 Å². The zero-order valence-electron chi connectivity index (χ0n) is 13.9. The average molecular weight is 291 g/mol. The second-order valence-electron chi connectivity index (χ2n) is 6.40. The third-order valence-electron chi connectivity index (χ3n) is 4.31. The summed E-state index contributed by atoms with van der Waals surface area (Å²) in [7, 11) is 1.94. The Hall–Kier alpha value is -1.16. The first-order chi connectivity index (χ1) is 10.1. The highest BCUT2D eigenvalue weighted by molar-refractivity contribution is 5.25. The van der Waals surface area contributed by atoms with E-state index in [0.717, 1.165) is 36.2 Å². The van der Waals surface area contributed by atoms with Crippen molar-refractivity contribution in [1.82, 2.24) is 15.3 Å². The van der Waals surface area contributed by atoms with Gasteiger partial charge in [0.15, 0.2) is 5.75 Å². The fourth-order valence-corrected chi connectivity index (χ4v) is 2.99. The minimum absolute atomic E-state index is 0.327. The van der Waals surface area contributed by atoms with Crippen molar-refractivity contribution >= 4 is 0 Å². The molecule has 1 heterocycles. The van der Waals surface area contributed by atoms with Gasteiger partial charge in [0.2, 0.25) is 0 Å². The van der Waals surface area contributed by atoms with Crippen LogP contribution in [0.3, 0.4) is 0 Å². The van der Waals surface area contributed by atoms with E-state index in [9.17, 15) is 0 Å². The quantitative estimate of drug-likeness (QED) is 0.868. The predicted octanol–water partition coefficient (Wildman–Crippen LogP) is 3.67. The Morgan fingerprint density at radius 3 is 2.86 bits per heavy atom. The molecule has 1 N–H and O–H groups in total. The minimum Gasteiger partial charge on any atom is -0.487 e. The zero-order chi connectivity index (χ0) is 15.2. The first kappa shape index (κ1) is 16.2. The molecule has 4 heteroatoms. The second-order valence-corrected chi connectivity index (χ2v) is 6.40. The number of hydrogen-bond acceptors (Lipinski definition) is 4. The Labute approximate surface area is 128 Å². The van der Waals surface area contributed by atoms with Crippen LogP contribution in [0.5, 0.6) is 5.75 Å². The number of rotatable bonds is 6. The van der Waals surface area contributed by atoms with Gasteiger partial charge in [-0.1, -0.05) is 33.6 Å². The maximum Gasteiger partial charge on any atom is 0.160 e. The molecule has 0 bridgehead atoms. The molecule has 0 aromatic carbocycles. The Kier molecular flexibility index (Phi) is 5.97. The standard InChI is InChI=1S/C17H29N3O/c1-5-13-7-6-8-14(9-13)21-16-11-19-17(12(2)3)20-15(16)10-18-4/h11-14,18H,5-10H2,1-4H3. The molecule has 2 rings (SSSR count). The molecule has 0 radical (unpaired) electrons. The van der Waals surface area contributed by atoms with E-state index in [2.05, 4.69) is 36.1 Å². The molecule has 1 aromatic heterocycles. The van der Waals surface area contributed by atoms with Gasteiger partial charge in [0.05, 0.1) is 18.0 Å². The summed E-state index contributed by atoms with van der Waals surface area (Å²) in [6.07, 6.45) is 8.39. The number of ether oxygens (including phenoxy) is 1. The van der Waals surface area contributed by atoms with Crippen LogP contribution >= 0.6 is 0 Å². The van der Waals surface area contributed by atoms with Gasteiger partial charge in [-0.15, -0.1) is 0 Å². The van der Waals surface area contributed by atoms with Crippen molar-refractivity contribution in [2.24, 2.45) is 5.92 Å². The highest BCUT2D eigenvalue weighted by Gasteiger charge is 2.23. The summed E-state index contributed by atoms with van der Waals surface area (Å²) < 4.78 is 6.24. The van der Waals surface area contributed by atoms with E-state index in [0.29, 0.717) is 12.0 Å². The van der Waals surface area contributed by atoms with E-state index in [1.54, 1.807) is 0 Å². The Morgan fingerprint density at radius 2 is 2.19 bits per heavy atom. The smallest absolute Gasteiger partial charge is 0.160 e. The topological polar surface area (TPSA) is 47.0 Å². The van der Waals surface area contributed by atoms with Gasteiger partial charge in [0, 0.05) is 12.5 Å². The summed E-state index contributed by atoms with van der Waals surface area (Å²) in [6, 6.07) is 0. The van der Waals surface area contributed by atoms with Gasteiger partial charge < -0.3 is 10.1 Å². The summed E-state index contributed by atoms with van der Waals surface area (Å²) in [5, 5.41) is 3.18. The highest BCUT2D eigenvalue weighted by atomic mass is 16.5. The maximum atomic E-state index is 6.24. The predicted molar refractivity (Wildman–Crippen MR) is 85.5 cm³/mol. The normalized spacial score (nSPS) is 22.5. The largest absolute Gasteiger partial charge is 0.487 e. The Morgan fingerprint density at radius 1 is 1.38 bits per heavy atom. The molecule has 21 heavy (non-hydrogen) atoms. The molecule has 0 spiro atoms. The Balaban J connectivity index is 2.10. The number of hydrogen-bond donors (Lipinski definition) is 1. The molecule has 2 unspecified atom stereocenters. The molecule has 1 fully saturated rings. The summed E-state index contributed by atoms with van der Waals surface area (Å²) in [5.74, 6) is 2.90. The van der Waals surface area contributed by atoms with E-state index < -0.39 is 0 Å². The van der Waals surface area contributed by atoms with Crippen molar-refractivity contribution in [2.45, 2.75) is 71.4 Å². The number of aromatic nitrogens is 2. The minimum atomic E-state index is 0.327. The molecule has 1 saturated carbocycles. The van der Waals surface area contributed by atoms with Gasteiger partial charge in [-0.25, -0.2) is 9.97 Å². The number of nitrogens with one attached hydrogen (secondary N) is 1. The molecule has 2 atom stereocenters. The molecule has 1 aliphatic rings. The van der Waals surface area contributed by atoms with Gasteiger partial charge in [-0.2, -0.15) is 0 Å². The van der Waals surface area contributed by atoms with Crippen LogP contribution in [0, 0.1) is 5.92 Å². The van der Waals surface area contributed by atoms with Crippen molar-refractivity contribution in [3.63, 3.8) is 0 Å². The van der Waals surface area contributed by atoms with Crippen LogP contribution < -0.4 is 10.1 Å². The summed E-state index contributed by atoms with van der Waals surface area (Å²) in [4.78, 5) is 9.13. The van der Waals surface area contributed by atoms with E-state index in [4.69, 9.17) is 4.74 Å². The van der Waals surface area contributed by atoms with Gasteiger partial charge in [-0.05, 0) is 32.2 Å². The Bertz CT molecular complexity index is 448. The fraction of sp³-hybridized carbons (Fsp3) is 0.765. The maximum absolute atomic E-state index is 6.24. The first-order valence-corrected chi connectivity index (χ1v) is 8.31. The number of nitrogens with zero attached hydrogens (tertiary/aromatic N) is 2. The molecule has 0 saturated heterocycles. The van der Waals surface area contributed by atoms with Crippen LogP contribution in [0.2, 0.25) is 0 Å². The molecule has 0 aliphatic heterocycles. The van der Waals surface area contributed by atoms with Gasteiger partial charge in [-0.3, -0.25) is 0 Å². The van der Waals surface area contributed by atoms with Crippen LogP contribution in [0.25, 0.3) is 0 Å². The van der Waals surface area contributed by atoms with Crippen molar-refractivity contribution in [3.05, 3.63) is 17.7 Å². The fourth-order valence-electron chi connectivity index (χ4n) is 2.99. The third-order valence-corrected chi connectivity index (χ3v) is 4.31. The van der Waals surface area contributed by atoms with Crippen LogP contribution in [0.4, 0.5) is 0 Å². The van der Waals surface area contributed by atoms with E-state index in [1.165, 1.54) is 25.7 Å². The second kappa shape index (κ2) is 7.74. The summed E-state index contributed by atoms with van der Waals surface area (Å²) in [6.45, 7) is 7.24. The molecule has 0 amide bonds.